The number of hydrogen-bond donors (Lipinski definition) is 1. The predicted molar refractivity (Wildman–Crippen MR) is 73.8 cm³/mol. The average molecular weight is 260 g/mol. The Morgan fingerprint density at radius 2 is 1.95 bits per heavy atom. The van der Waals surface area contributed by atoms with Gasteiger partial charge in [-0.05, 0) is 32.0 Å². The highest BCUT2D eigenvalue weighted by molar-refractivity contribution is 5.60. The number of aryl methyl sites for hydroxylation is 1. The van der Waals surface area contributed by atoms with Crippen LogP contribution in [0.2, 0.25) is 0 Å². The molecule has 0 unspecified atom stereocenters. The van der Waals surface area contributed by atoms with Gasteiger partial charge in [-0.15, -0.1) is 0 Å². The zero-order chi connectivity index (χ0) is 13.7. The standard InChI is InChI=1S/C14H17FN4/c1-11-13(15)14(18-10-17-11)19(9-5-8-16)12-6-3-2-4-7-12/h2-4,6-7,10H,5,8-9,16H2,1H3. The van der Waals surface area contributed by atoms with Gasteiger partial charge in [0.1, 0.15) is 6.33 Å². The number of aromatic nitrogens is 2. The highest BCUT2D eigenvalue weighted by Gasteiger charge is 2.16. The number of nitrogens with two attached hydrogens (primary N) is 1. The minimum absolute atomic E-state index is 0.298. The smallest absolute Gasteiger partial charge is 0.187 e. The van der Waals surface area contributed by atoms with E-state index in [0.717, 1.165) is 12.1 Å². The molecule has 0 saturated heterocycles. The Hall–Kier alpha value is -2.01. The fraction of sp³-hybridized carbons (Fsp3) is 0.286. The van der Waals surface area contributed by atoms with E-state index in [2.05, 4.69) is 9.97 Å². The summed E-state index contributed by atoms with van der Waals surface area (Å²) in [6, 6.07) is 9.60. The second kappa shape index (κ2) is 6.24. The molecule has 0 aliphatic carbocycles. The molecular formula is C14H17FN4. The molecule has 0 spiro atoms. The molecule has 0 aliphatic rings. The summed E-state index contributed by atoms with van der Waals surface area (Å²) in [5.74, 6) is -0.0875. The largest absolute Gasteiger partial charge is 0.330 e. The zero-order valence-electron chi connectivity index (χ0n) is 10.9. The lowest BCUT2D eigenvalue weighted by Crippen LogP contribution is -2.23. The van der Waals surface area contributed by atoms with Crippen LogP contribution in [0.5, 0.6) is 0 Å². The first-order valence-corrected chi connectivity index (χ1v) is 6.23. The number of rotatable bonds is 5. The zero-order valence-corrected chi connectivity index (χ0v) is 10.9. The molecule has 0 fully saturated rings. The molecule has 0 aliphatic heterocycles. The average Bonchev–Trinajstić information content (AvgIpc) is 2.45. The van der Waals surface area contributed by atoms with E-state index < -0.39 is 0 Å². The van der Waals surface area contributed by atoms with Crippen molar-refractivity contribution in [1.82, 2.24) is 9.97 Å². The lowest BCUT2D eigenvalue weighted by atomic mass is 10.2. The minimum atomic E-state index is -0.386. The van der Waals surface area contributed by atoms with Crippen LogP contribution >= 0.6 is 0 Å². The van der Waals surface area contributed by atoms with Crippen molar-refractivity contribution in [2.45, 2.75) is 13.3 Å². The van der Waals surface area contributed by atoms with Crippen molar-refractivity contribution < 1.29 is 4.39 Å². The molecule has 1 heterocycles. The summed E-state index contributed by atoms with van der Waals surface area (Å²) >= 11 is 0. The van der Waals surface area contributed by atoms with Gasteiger partial charge < -0.3 is 10.6 Å². The van der Waals surface area contributed by atoms with Gasteiger partial charge in [-0.2, -0.15) is 0 Å². The van der Waals surface area contributed by atoms with Crippen molar-refractivity contribution >= 4 is 11.5 Å². The maximum atomic E-state index is 14.2. The molecule has 0 radical (unpaired) electrons. The third kappa shape index (κ3) is 3.06. The van der Waals surface area contributed by atoms with E-state index in [1.165, 1.54) is 6.33 Å². The third-order valence-electron chi connectivity index (χ3n) is 2.85. The van der Waals surface area contributed by atoms with Crippen molar-refractivity contribution in [3.05, 3.63) is 48.2 Å². The van der Waals surface area contributed by atoms with Gasteiger partial charge >= 0.3 is 0 Å². The maximum Gasteiger partial charge on any atom is 0.187 e. The first kappa shape index (κ1) is 13.4. The van der Waals surface area contributed by atoms with E-state index in [1.54, 1.807) is 6.92 Å². The lowest BCUT2D eigenvalue weighted by Gasteiger charge is -2.24. The molecule has 1 aromatic heterocycles. The van der Waals surface area contributed by atoms with Gasteiger partial charge in [0, 0.05) is 12.2 Å². The van der Waals surface area contributed by atoms with Gasteiger partial charge in [-0.25, -0.2) is 14.4 Å². The molecule has 0 saturated carbocycles. The molecule has 0 bridgehead atoms. The molecule has 2 aromatic rings. The topological polar surface area (TPSA) is 55.0 Å². The Morgan fingerprint density at radius 3 is 2.63 bits per heavy atom. The molecule has 4 nitrogen and oxygen atoms in total. The first-order chi connectivity index (χ1) is 9.24. The summed E-state index contributed by atoms with van der Waals surface area (Å²) < 4.78 is 14.2. The fourth-order valence-corrected chi connectivity index (χ4v) is 1.85. The Kier molecular flexibility index (Phi) is 4.41. The second-order valence-electron chi connectivity index (χ2n) is 4.23. The van der Waals surface area contributed by atoms with Gasteiger partial charge in [0.05, 0.1) is 5.69 Å². The van der Waals surface area contributed by atoms with Crippen LogP contribution in [-0.4, -0.2) is 23.1 Å². The first-order valence-electron chi connectivity index (χ1n) is 6.23. The highest BCUT2D eigenvalue weighted by Crippen LogP contribution is 2.26. The predicted octanol–water partition coefficient (Wildman–Crippen LogP) is 2.41. The van der Waals surface area contributed by atoms with Gasteiger partial charge in [-0.1, -0.05) is 18.2 Å². The Bertz CT molecular complexity index is 530. The number of hydrogen-bond acceptors (Lipinski definition) is 4. The molecule has 2 rings (SSSR count). The number of nitrogens with zero attached hydrogens (tertiary/aromatic N) is 3. The van der Waals surface area contributed by atoms with Crippen LogP contribution in [0.4, 0.5) is 15.9 Å². The van der Waals surface area contributed by atoms with Gasteiger partial charge in [0.2, 0.25) is 0 Å². The molecular weight excluding hydrogens is 243 g/mol. The van der Waals surface area contributed by atoms with Crippen LogP contribution in [0.3, 0.4) is 0 Å². The Morgan fingerprint density at radius 1 is 1.21 bits per heavy atom. The molecule has 1 aromatic carbocycles. The van der Waals surface area contributed by atoms with E-state index >= 15 is 0 Å². The second-order valence-corrected chi connectivity index (χ2v) is 4.23. The quantitative estimate of drug-likeness (QED) is 0.897. The summed E-state index contributed by atoms with van der Waals surface area (Å²) in [7, 11) is 0. The van der Waals surface area contributed by atoms with Crippen LogP contribution in [0, 0.1) is 12.7 Å². The van der Waals surface area contributed by atoms with Crippen molar-refractivity contribution in [2.24, 2.45) is 5.73 Å². The van der Waals surface area contributed by atoms with Crippen molar-refractivity contribution in [2.75, 3.05) is 18.0 Å². The summed E-state index contributed by atoms with van der Waals surface area (Å²) in [5, 5.41) is 0. The Balaban J connectivity index is 2.40. The van der Waals surface area contributed by atoms with Crippen LogP contribution < -0.4 is 10.6 Å². The summed E-state index contributed by atoms with van der Waals surface area (Å²) in [6.07, 6.45) is 2.14. The summed E-state index contributed by atoms with van der Waals surface area (Å²) in [6.45, 7) is 2.80. The molecule has 19 heavy (non-hydrogen) atoms. The number of halogens is 1. The van der Waals surface area contributed by atoms with Crippen LogP contribution in [-0.2, 0) is 0 Å². The molecule has 0 amide bonds. The van der Waals surface area contributed by atoms with E-state index in [9.17, 15) is 4.39 Å². The summed E-state index contributed by atoms with van der Waals surface area (Å²) in [5.41, 5.74) is 6.79. The SMILES string of the molecule is Cc1ncnc(N(CCCN)c2ccccc2)c1F. The summed E-state index contributed by atoms with van der Waals surface area (Å²) in [4.78, 5) is 9.76. The van der Waals surface area contributed by atoms with E-state index in [4.69, 9.17) is 5.73 Å². The van der Waals surface area contributed by atoms with Gasteiger partial charge in [0.15, 0.2) is 11.6 Å². The van der Waals surface area contributed by atoms with E-state index in [0.29, 0.717) is 24.6 Å². The van der Waals surface area contributed by atoms with Crippen LogP contribution in [0.15, 0.2) is 36.7 Å². The van der Waals surface area contributed by atoms with E-state index in [1.807, 2.05) is 35.2 Å². The molecule has 5 heteroatoms. The van der Waals surface area contributed by atoms with Crippen LogP contribution in [0.1, 0.15) is 12.1 Å². The maximum absolute atomic E-state index is 14.2. The normalized spacial score (nSPS) is 10.5. The minimum Gasteiger partial charge on any atom is -0.330 e. The number of benzene rings is 1. The monoisotopic (exact) mass is 260 g/mol. The fourth-order valence-electron chi connectivity index (χ4n) is 1.85. The molecule has 100 valence electrons. The van der Waals surface area contributed by atoms with Crippen LogP contribution in [0.25, 0.3) is 0 Å². The van der Waals surface area contributed by atoms with Crippen molar-refractivity contribution in [1.29, 1.82) is 0 Å². The third-order valence-corrected chi connectivity index (χ3v) is 2.85. The highest BCUT2D eigenvalue weighted by atomic mass is 19.1. The van der Waals surface area contributed by atoms with Crippen molar-refractivity contribution in [3.8, 4) is 0 Å². The Labute approximate surface area is 112 Å². The molecule has 0 atom stereocenters. The van der Waals surface area contributed by atoms with Gasteiger partial charge in [-0.3, -0.25) is 0 Å². The molecule has 2 N–H and O–H groups in total. The van der Waals surface area contributed by atoms with E-state index in [-0.39, 0.29) is 5.82 Å². The van der Waals surface area contributed by atoms with Gasteiger partial charge in [0.25, 0.3) is 0 Å². The number of anilines is 2. The van der Waals surface area contributed by atoms with Crippen molar-refractivity contribution in [3.63, 3.8) is 0 Å². The number of para-hydroxylation sites is 1. The lowest BCUT2D eigenvalue weighted by molar-refractivity contribution is 0.597.